The molecule has 86 valence electrons. The normalized spacial score (nSPS) is 13.4. The Hall–Kier alpha value is -1.70. The molecule has 1 aliphatic carbocycles. The number of nitrogens with zero attached hydrogens (tertiary/aromatic N) is 2. The molecule has 0 radical (unpaired) electrons. The number of hydrogen-bond donors (Lipinski definition) is 0. The van der Waals surface area contributed by atoms with Crippen LogP contribution in [0.15, 0.2) is 30.6 Å². The zero-order valence-corrected chi connectivity index (χ0v) is 10.5. The first-order chi connectivity index (χ1) is 8.07. The van der Waals surface area contributed by atoms with Crippen LogP contribution < -0.4 is 0 Å². The zero-order valence-electron chi connectivity index (χ0n) is 10.5. The topological polar surface area (TPSA) is 25.8 Å². The standard InChI is InChI=1S/C15H16N2/c1-15(2,3)14-12-8-10-6-4-5-7-11(10)13(12)16-9-17-14/h4-7,9H,8H2,1-3H3. The van der Waals surface area contributed by atoms with Crippen LogP contribution in [-0.4, -0.2) is 9.97 Å². The molecule has 0 saturated carbocycles. The largest absolute Gasteiger partial charge is 0.240 e. The summed E-state index contributed by atoms with van der Waals surface area (Å²) < 4.78 is 0. The van der Waals surface area contributed by atoms with Gasteiger partial charge in [0.1, 0.15) is 6.33 Å². The van der Waals surface area contributed by atoms with E-state index in [9.17, 15) is 0 Å². The van der Waals surface area contributed by atoms with Crippen molar-refractivity contribution >= 4 is 0 Å². The predicted octanol–water partition coefficient (Wildman–Crippen LogP) is 3.35. The zero-order chi connectivity index (χ0) is 12.0. The number of fused-ring (bicyclic) bond motifs is 3. The second-order valence-corrected chi connectivity index (χ2v) is 5.63. The van der Waals surface area contributed by atoms with E-state index in [4.69, 9.17) is 0 Å². The lowest BCUT2D eigenvalue weighted by Gasteiger charge is -2.20. The quantitative estimate of drug-likeness (QED) is 0.585. The van der Waals surface area contributed by atoms with Crippen LogP contribution in [0.25, 0.3) is 11.3 Å². The van der Waals surface area contributed by atoms with Crippen LogP contribution >= 0.6 is 0 Å². The smallest absolute Gasteiger partial charge is 0.116 e. The molecule has 1 aliphatic rings. The first-order valence-electron chi connectivity index (χ1n) is 6.00. The molecule has 17 heavy (non-hydrogen) atoms. The second kappa shape index (κ2) is 3.39. The first-order valence-corrected chi connectivity index (χ1v) is 6.00. The van der Waals surface area contributed by atoms with E-state index in [-0.39, 0.29) is 5.41 Å². The molecule has 3 rings (SSSR count). The highest BCUT2D eigenvalue weighted by Gasteiger charge is 2.27. The van der Waals surface area contributed by atoms with Gasteiger partial charge in [-0.3, -0.25) is 0 Å². The van der Waals surface area contributed by atoms with Crippen molar-refractivity contribution < 1.29 is 0 Å². The van der Waals surface area contributed by atoms with Crippen LogP contribution in [0.1, 0.15) is 37.6 Å². The van der Waals surface area contributed by atoms with Crippen LogP contribution in [0.3, 0.4) is 0 Å². The van der Waals surface area contributed by atoms with Crippen molar-refractivity contribution in [1.29, 1.82) is 0 Å². The number of rotatable bonds is 0. The van der Waals surface area contributed by atoms with Gasteiger partial charge in [0, 0.05) is 23.0 Å². The van der Waals surface area contributed by atoms with Crippen LogP contribution in [-0.2, 0) is 11.8 Å². The molecule has 2 nitrogen and oxygen atoms in total. The summed E-state index contributed by atoms with van der Waals surface area (Å²) in [5, 5.41) is 0. The lowest BCUT2D eigenvalue weighted by atomic mass is 9.88. The van der Waals surface area contributed by atoms with E-state index >= 15 is 0 Å². The number of benzene rings is 1. The SMILES string of the molecule is CC(C)(C)c1ncnc2c1Cc1ccccc1-2. The van der Waals surface area contributed by atoms with Crippen molar-refractivity contribution in [3.05, 3.63) is 47.4 Å². The minimum Gasteiger partial charge on any atom is -0.240 e. The molecule has 0 atom stereocenters. The summed E-state index contributed by atoms with van der Waals surface area (Å²) >= 11 is 0. The Morgan fingerprint density at radius 2 is 1.82 bits per heavy atom. The molecular weight excluding hydrogens is 208 g/mol. The fourth-order valence-electron chi connectivity index (χ4n) is 2.55. The van der Waals surface area contributed by atoms with E-state index in [2.05, 4.69) is 55.0 Å². The minimum atomic E-state index is 0.0784. The maximum absolute atomic E-state index is 4.49. The molecular formula is C15H16N2. The Kier molecular flexibility index (Phi) is 2.09. The first kappa shape index (κ1) is 10.5. The predicted molar refractivity (Wildman–Crippen MR) is 69.0 cm³/mol. The molecule has 0 spiro atoms. The molecule has 0 amide bonds. The van der Waals surface area contributed by atoms with Gasteiger partial charge in [-0.1, -0.05) is 45.0 Å². The molecule has 0 N–H and O–H groups in total. The second-order valence-electron chi connectivity index (χ2n) is 5.63. The van der Waals surface area contributed by atoms with Gasteiger partial charge in [0.25, 0.3) is 0 Å². The van der Waals surface area contributed by atoms with Crippen molar-refractivity contribution in [2.24, 2.45) is 0 Å². The van der Waals surface area contributed by atoms with Crippen LogP contribution in [0.2, 0.25) is 0 Å². The lowest BCUT2D eigenvalue weighted by molar-refractivity contribution is 0.561. The summed E-state index contributed by atoms with van der Waals surface area (Å²) in [4.78, 5) is 8.96. The third kappa shape index (κ3) is 1.55. The highest BCUT2D eigenvalue weighted by atomic mass is 14.9. The summed E-state index contributed by atoms with van der Waals surface area (Å²) in [6.45, 7) is 6.62. The highest BCUT2D eigenvalue weighted by Crippen LogP contribution is 2.38. The molecule has 0 unspecified atom stereocenters. The highest BCUT2D eigenvalue weighted by molar-refractivity contribution is 5.74. The van der Waals surface area contributed by atoms with E-state index < -0.39 is 0 Å². The van der Waals surface area contributed by atoms with Crippen molar-refractivity contribution in [3.8, 4) is 11.3 Å². The average molecular weight is 224 g/mol. The molecule has 1 aromatic heterocycles. The van der Waals surface area contributed by atoms with E-state index in [1.807, 2.05) is 0 Å². The molecule has 2 aromatic rings. The molecule has 0 saturated heterocycles. The van der Waals surface area contributed by atoms with Crippen molar-refractivity contribution in [2.75, 3.05) is 0 Å². The van der Waals surface area contributed by atoms with Gasteiger partial charge in [0.05, 0.1) is 11.4 Å². The maximum Gasteiger partial charge on any atom is 0.116 e. The van der Waals surface area contributed by atoms with Crippen LogP contribution in [0, 0.1) is 0 Å². The van der Waals surface area contributed by atoms with Crippen molar-refractivity contribution in [2.45, 2.75) is 32.6 Å². The summed E-state index contributed by atoms with van der Waals surface area (Å²) in [5.41, 5.74) is 6.33. The lowest BCUT2D eigenvalue weighted by Crippen LogP contribution is -2.16. The summed E-state index contributed by atoms with van der Waals surface area (Å²) in [5.74, 6) is 0. The van der Waals surface area contributed by atoms with Gasteiger partial charge in [0.15, 0.2) is 0 Å². The van der Waals surface area contributed by atoms with E-state index in [0.717, 1.165) is 12.1 Å². The fraction of sp³-hybridized carbons (Fsp3) is 0.333. The Morgan fingerprint density at radius 3 is 2.59 bits per heavy atom. The maximum atomic E-state index is 4.49. The van der Waals surface area contributed by atoms with Gasteiger partial charge in [0.2, 0.25) is 0 Å². The summed E-state index contributed by atoms with van der Waals surface area (Å²) in [7, 11) is 0. The molecule has 1 aromatic carbocycles. The van der Waals surface area contributed by atoms with Gasteiger partial charge in [-0.05, 0) is 5.56 Å². The van der Waals surface area contributed by atoms with Crippen LogP contribution in [0.4, 0.5) is 0 Å². The monoisotopic (exact) mass is 224 g/mol. The average Bonchev–Trinajstić information content (AvgIpc) is 2.65. The van der Waals surface area contributed by atoms with Crippen LogP contribution in [0.5, 0.6) is 0 Å². The van der Waals surface area contributed by atoms with Gasteiger partial charge in [-0.25, -0.2) is 9.97 Å². The Balaban J connectivity index is 2.24. The van der Waals surface area contributed by atoms with E-state index in [1.165, 1.54) is 22.4 Å². The number of hydrogen-bond acceptors (Lipinski definition) is 2. The van der Waals surface area contributed by atoms with Crippen molar-refractivity contribution in [3.63, 3.8) is 0 Å². The molecule has 0 fully saturated rings. The molecule has 0 aliphatic heterocycles. The third-order valence-corrected chi connectivity index (χ3v) is 3.30. The molecule has 0 bridgehead atoms. The molecule has 2 heteroatoms. The third-order valence-electron chi connectivity index (χ3n) is 3.30. The fourth-order valence-corrected chi connectivity index (χ4v) is 2.55. The Morgan fingerprint density at radius 1 is 1.06 bits per heavy atom. The van der Waals surface area contributed by atoms with Gasteiger partial charge in [-0.15, -0.1) is 0 Å². The van der Waals surface area contributed by atoms with E-state index in [0.29, 0.717) is 0 Å². The Labute approximate surface area is 102 Å². The van der Waals surface area contributed by atoms with Gasteiger partial charge >= 0.3 is 0 Å². The van der Waals surface area contributed by atoms with Crippen molar-refractivity contribution in [1.82, 2.24) is 9.97 Å². The Bertz CT molecular complexity index is 580. The minimum absolute atomic E-state index is 0.0784. The van der Waals surface area contributed by atoms with Gasteiger partial charge < -0.3 is 0 Å². The summed E-state index contributed by atoms with van der Waals surface area (Å²) in [6.07, 6.45) is 2.67. The van der Waals surface area contributed by atoms with E-state index in [1.54, 1.807) is 6.33 Å². The van der Waals surface area contributed by atoms with Gasteiger partial charge in [-0.2, -0.15) is 0 Å². The number of aromatic nitrogens is 2. The summed E-state index contributed by atoms with van der Waals surface area (Å²) in [6, 6.07) is 8.51. The molecule has 1 heterocycles.